The second kappa shape index (κ2) is 4.23. The van der Waals surface area contributed by atoms with Crippen molar-refractivity contribution in [1.82, 2.24) is 0 Å². The number of aliphatic hydroxyl groups excluding tert-OH is 1. The molecule has 2 nitrogen and oxygen atoms in total. The summed E-state index contributed by atoms with van der Waals surface area (Å²) >= 11 is 0. The normalized spacial score (nSPS) is 23.1. The van der Waals surface area contributed by atoms with E-state index >= 15 is 0 Å². The van der Waals surface area contributed by atoms with Crippen LogP contribution in [0.1, 0.15) is 31.9 Å². The van der Waals surface area contributed by atoms with Crippen molar-refractivity contribution in [1.29, 1.82) is 0 Å². The van der Waals surface area contributed by atoms with E-state index in [0.29, 0.717) is 0 Å². The van der Waals surface area contributed by atoms with E-state index in [4.69, 9.17) is 0 Å². The maximum atomic E-state index is 9.70. The van der Waals surface area contributed by atoms with Gasteiger partial charge in [0.05, 0.1) is 6.10 Å². The second-order valence-corrected chi connectivity index (χ2v) is 4.57. The zero-order chi connectivity index (χ0) is 10.8. The Hall–Kier alpha value is -1.02. The molecule has 1 aliphatic rings. The SMILES string of the molecule is CC1CCN(c2ccccc2[C@H](C)O)C1. The predicted octanol–water partition coefficient (Wildman–Crippen LogP) is 2.59. The highest BCUT2D eigenvalue weighted by molar-refractivity contribution is 5.55. The maximum Gasteiger partial charge on any atom is 0.0781 e. The highest BCUT2D eigenvalue weighted by Crippen LogP contribution is 2.30. The van der Waals surface area contributed by atoms with E-state index in [1.54, 1.807) is 0 Å². The predicted molar refractivity (Wildman–Crippen MR) is 63.1 cm³/mol. The number of aliphatic hydroxyl groups is 1. The quantitative estimate of drug-likeness (QED) is 0.802. The van der Waals surface area contributed by atoms with Crippen molar-refractivity contribution in [3.05, 3.63) is 29.8 Å². The van der Waals surface area contributed by atoms with Crippen molar-refractivity contribution < 1.29 is 5.11 Å². The molecule has 2 heteroatoms. The Morgan fingerprint density at radius 2 is 2.13 bits per heavy atom. The third-order valence-corrected chi connectivity index (χ3v) is 3.15. The molecule has 1 aromatic carbocycles. The van der Waals surface area contributed by atoms with Crippen LogP contribution >= 0.6 is 0 Å². The molecule has 0 amide bonds. The van der Waals surface area contributed by atoms with Crippen molar-refractivity contribution >= 4 is 5.69 Å². The molecule has 1 saturated heterocycles. The Bertz CT molecular complexity index is 335. The Morgan fingerprint density at radius 3 is 2.73 bits per heavy atom. The average Bonchev–Trinajstić information content (AvgIpc) is 2.65. The minimum atomic E-state index is -0.378. The first kappa shape index (κ1) is 10.5. The van der Waals surface area contributed by atoms with Crippen LogP contribution < -0.4 is 4.90 Å². The van der Waals surface area contributed by atoms with E-state index in [0.717, 1.165) is 24.6 Å². The summed E-state index contributed by atoms with van der Waals surface area (Å²) < 4.78 is 0. The number of hydrogen-bond donors (Lipinski definition) is 1. The molecule has 82 valence electrons. The van der Waals surface area contributed by atoms with Crippen LogP contribution in [0.5, 0.6) is 0 Å². The lowest BCUT2D eigenvalue weighted by atomic mass is 10.1. The topological polar surface area (TPSA) is 23.5 Å². The molecule has 0 bridgehead atoms. The van der Waals surface area contributed by atoms with Crippen molar-refractivity contribution in [2.75, 3.05) is 18.0 Å². The van der Waals surface area contributed by atoms with Gasteiger partial charge in [-0.1, -0.05) is 25.1 Å². The Balaban J connectivity index is 2.27. The molecule has 0 saturated carbocycles. The van der Waals surface area contributed by atoms with Crippen LogP contribution in [0.3, 0.4) is 0 Å². The number of rotatable bonds is 2. The summed E-state index contributed by atoms with van der Waals surface area (Å²) in [6.07, 6.45) is 0.880. The molecular formula is C13H19NO. The van der Waals surface area contributed by atoms with Crippen LogP contribution in [-0.2, 0) is 0 Å². The summed E-state index contributed by atoms with van der Waals surface area (Å²) in [4.78, 5) is 2.38. The van der Waals surface area contributed by atoms with E-state index in [-0.39, 0.29) is 6.10 Å². The van der Waals surface area contributed by atoms with Gasteiger partial charge in [-0.25, -0.2) is 0 Å². The number of benzene rings is 1. The minimum Gasteiger partial charge on any atom is -0.389 e. The molecule has 1 fully saturated rings. The van der Waals surface area contributed by atoms with Gasteiger partial charge < -0.3 is 10.0 Å². The highest BCUT2D eigenvalue weighted by atomic mass is 16.3. The molecule has 1 unspecified atom stereocenters. The van der Waals surface area contributed by atoms with Crippen molar-refractivity contribution in [3.8, 4) is 0 Å². The first-order valence-corrected chi connectivity index (χ1v) is 5.70. The van der Waals surface area contributed by atoms with Gasteiger partial charge in [-0.3, -0.25) is 0 Å². The van der Waals surface area contributed by atoms with E-state index in [2.05, 4.69) is 17.9 Å². The first-order chi connectivity index (χ1) is 7.18. The lowest BCUT2D eigenvalue weighted by molar-refractivity contribution is 0.199. The summed E-state index contributed by atoms with van der Waals surface area (Å²) in [5.41, 5.74) is 2.25. The summed E-state index contributed by atoms with van der Waals surface area (Å²) in [5, 5.41) is 9.70. The van der Waals surface area contributed by atoms with Gasteiger partial charge in [0.25, 0.3) is 0 Å². The standard InChI is InChI=1S/C13H19NO/c1-10-7-8-14(9-10)13-6-4-3-5-12(13)11(2)15/h3-6,10-11,15H,7-9H2,1-2H3/t10?,11-/m0/s1. The van der Waals surface area contributed by atoms with Crippen LogP contribution in [0.2, 0.25) is 0 Å². The Labute approximate surface area is 91.5 Å². The number of nitrogens with zero attached hydrogens (tertiary/aromatic N) is 1. The van der Waals surface area contributed by atoms with Gasteiger partial charge >= 0.3 is 0 Å². The summed E-state index contributed by atoms with van der Waals surface area (Å²) in [6, 6.07) is 8.17. The third kappa shape index (κ3) is 2.15. The molecule has 15 heavy (non-hydrogen) atoms. The Kier molecular flexibility index (Phi) is 2.96. The van der Waals surface area contributed by atoms with Crippen LogP contribution in [0, 0.1) is 5.92 Å². The smallest absolute Gasteiger partial charge is 0.0781 e. The number of anilines is 1. The van der Waals surface area contributed by atoms with Crippen LogP contribution in [0.25, 0.3) is 0 Å². The molecule has 1 aliphatic heterocycles. The van der Waals surface area contributed by atoms with Gasteiger partial charge in [-0.15, -0.1) is 0 Å². The molecule has 0 aliphatic carbocycles. The van der Waals surface area contributed by atoms with Crippen molar-refractivity contribution in [3.63, 3.8) is 0 Å². The van der Waals surface area contributed by atoms with Gasteiger partial charge in [-0.2, -0.15) is 0 Å². The second-order valence-electron chi connectivity index (χ2n) is 4.57. The van der Waals surface area contributed by atoms with Crippen LogP contribution in [0.15, 0.2) is 24.3 Å². The maximum absolute atomic E-state index is 9.70. The monoisotopic (exact) mass is 205 g/mol. The fraction of sp³-hybridized carbons (Fsp3) is 0.538. The summed E-state index contributed by atoms with van der Waals surface area (Å²) in [5.74, 6) is 0.770. The van der Waals surface area contributed by atoms with Crippen molar-refractivity contribution in [2.24, 2.45) is 5.92 Å². The van der Waals surface area contributed by atoms with Gasteiger partial charge in [-0.05, 0) is 25.3 Å². The zero-order valence-electron chi connectivity index (χ0n) is 9.48. The number of para-hydroxylation sites is 1. The van der Waals surface area contributed by atoms with Crippen molar-refractivity contribution in [2.45, 2.75) is 26.4 Å². The van der Waals surface area contributed by atoms with Gasteiger partial charge in [0.15, 0.2) is 0 Å². The molecule has 1 heterocycles. The average molecular weight is 205 g/mol. The molecule has 0 aromatic heterocycles. The van der Waals surface area contributed by atoms with E-state index in [9.17, 15) is 5.11 Å². The minimum absolute atomic E-state index is 0.378. The third-order valence-electron chi connectivity index (χ3n) is 3.15. The molecule has 0 radical (unpaired) electrons. The largest absolute Gasteiger partial charge is 0.389 e. The molecule has 1 aromatic rings. The lowest BCUT2D eigenvalue weighted by Crippen LogP contribution is -2.20. The molecule has 1 N–H and O–H groups in total. The summed E-state index contributed by atoms with van der Waals surface area (Å²) in [6.45, 7) is 6.35. The van der Waals surface area contributed by atoms with Gasteiger partial charge in [0, 0.05) is 24.3 Å². The molecule has 0 spiro atoms. The van der Waals surface area contributed by atoms with Gasteiger partial charge in [0.1, 0.15) is 0 Å². The molecule has 2 rings (SSSR count). The van der Waals surface area contributed by atoms with Crippen LogP contribution in [0.4, 0.5) is 5.69 Å². The molecular weight excluding hydrogens is 186 g/mol. The highest BCUT2D eigenvalue weighted by Gasteiger charge is 2.21. The summed E-state index contributed by atoms with van der Waals surface area (Å²) in [7, 11) is 0. The Morgan fingerprint density at radius 1 is 1.40 bits per heavy atom. The van der Waals surface area contributed by atoms with E-state index in [1.165, 1.54) is 12.1 Å². The fourth-order valence-electron chi connectivity index (χ4n) is 2.28. The number of hydrogen-bond acceptors (Lipinski definition) is 2. The van der Waals surface area contributed by atoms with Crippen LogP contribution in [-0.4, -0.2) is 18.2 Å². The van der Waals surface area contributed by atoms with Gasteiger partial charge in [0.2, 0.25) is 0 Å². The van der Waals surface area contributed by atoms with E-state index < -0.39 is 0 Å². The first-order valence-electron chi connectivity index (χ1n) is 5.70. The fourth-order valence-corrected chi connectivity index (χ4v) is 2.28. The molecule has 2 atom stereocenters. The van der Waals surface area contributed by atoms with E-state index in [1.807, 2.05) is 25.1 Å². The zero-order valence-corrected chi connectivity index (χ0v) is 9.48. The lowest BCUT2D eigenvalue weighted by Gasteiger charge is -2.22.